The molecule has 4 heteroatoms. The van der Waals surface area contributed by atoms with Crippen LogP contribution in [0.1, 0.15) is 24.2 Å². The maximum Gasteiger partial charge on any atom is 0.254 e. The van der Waals surface area contributed by atoms with Gasteiger partial charge in [0.2, 0.25) is 0 Å². The molecule has 0 bridgehead atoms. The number of rotatable bonds is 4. The Morgan fingerprint density at radius 1 is 1.40 bits per heavy atom. The monoisotopic (exact) mass is 230 g/mol. The molecule has 1 aromatic carbocycles. The quantitative estimate of drug-likeness (QED) is 0.580. The van der Waals surface area contributed by atoms with E-state index in [2.05, 4.69) is 0 Å². The molecule has 0 amide bonds. The number of Topliss-reactive ketones (excluding diaryl/α,β-unsaturated/α-hetero) is 1. The minimum atomic E-state index is -2.71. The summed E-state index contributed by atoms with van der Waals surface area (Å²) in [5.74, 6) is -3.12. The maximum atomic E-state index is 12.6. The first-order valence-corrected chi connectivity index (χ1v) is 5.49. The Morgan fingerprint density at radius 3 is 2.53 bits per heavy atom. The van der Waals surface area contributed by atoms with Crippen molar-refractivity contribution in [1.29, 1.82) is 0 Å². The van der Waals surface area contributed by atoms with Gasteiger partial charge in [-0.25, -0.2) is 8.78 Å². The van der Waals surface area contributed by atoms with Gasteiger partial charge < -0.3 is 0 Å². The van der Waals surface area contributed by atoms with Crippen molar-refractivity contribution in [2.24, 2.45) is 0 Å². The zero-order valence-electron chi connectivity index (χ0n) is 8.59. The van der Waals surface area contributed by atoms with Crippen molar-refractivity contribution in [2.75, 3.05) is 5.75 Å². The molecule has 0 N–H and O–H groups in total. The summed E-state index contributed by atoms with van der Waals surface area (Å²) in [6, 6.07) is 6.80. The summed E-state index contributed by atoms with van der Waals surface area (Å²) in [7, 11) is 0. The fourth-order valence-electron chi connectivity index (χ4n) is 1.09. The lowest BCUT2D eigenvalue weighted by molar-refractivity contribution is 0.0492. The number of hydrogen-bond donors (Lipinski definition) is 0. The van der Waals surface area contributed by atoms with Gasteiger partial charge in [-0.05, 0) is 13.0 Å². The van der Waals surface area contributed by atoms with Crippen LogP contribution in [0.2, 0.25) is 0 Å². The Balaban J connectivity index is 2.81. The molecular formula is C11H12F2OS. The number of carbonyl (C=O) groups excluding carboxylic acids is 1. The fourth-order valence-corrected chi connectivity index (χ4v) is 2.04. The van der Waals surface area contributed by atoms with Gasteiger partial charge in [0.1, 0.15) is 0 Å². The second-order valence-electron chi connectivity index (χ2n) is 3.41. The molecule has 82 valence electrons. The summed E-state index contributed by atoms with van der Waals surface area (Å²) in [6.45, 7) is 2.31. The number of carbonyl (C=O) groups is 1. The summed E-state index contributed by atoms with van der Waals surface area (Å²) >= 11 is 1.01. The third-order valence-corrected chi connectivity index (χ3v) is 3.07. The number of benzene rings is 1. The van der Waals surface area contributed by atoms with E-state index in [1.165, 1.54) is 6.92 Å². The first-order chi connectivity index (χ1) is 6.90. The molecule has 0 aliphatic carbocycles. The van der Waals surface area contributed by atoms with E-state index in [-0.39, 0.29) is 11.5 Å². The Hall–Kier alpha value is -0.900. The standard InChI is InChI=1S/C11H12F2OS/c1-8(14)9-5-3-4-6-10(9)15-7-11(2,12)13/h3-6H,7H2,1-2H3. The van der Waals surface area contributed by atoms with Gasteiger partial charge in [-0.3, -0.25) is 4.79 Å². The van der Waals surface area contributed by atoms with E-state index in [0.717, 1.165) is 18.7 Å². The minimum Gasteiger partial charge on any atom is -0.294 e. The molecule has 0 unspecified atom stereocenters. The van der Waals surface area contributed by atoms with Crippen LogP contribution in [-0.4, -0.2) is 17.5 Å². The molecular weight excluding hydrogens is 218 g/mol. The summed E-state index contributed by atoms with van der Waals surface area (Å²) in [4.78, 5) is 11.8. The molecule has 0 aliphatic heterocycles. The molecule has 1 nitrogen and oxygen atoms in total. The molecule has 0 atom stereocenters. The number of ketones is 1. The predicted octanol–water partition coefficient (Wildman–Crippen LogP) is 3.64. The average Bonchev–Trinajstić information content (AvgIpc) is 2.14. The lowest BCUT2D eigenvalue weighted by Crippen LogP contribution is -2.13. The summed E-state index contributed by atoms with van der Waals surface area (Å²) in [6.07, 6.45) is 0. The number of thioether (sulfide) groups is 1. The first kappa shape index (κ1) is 12.2. The van der Waals surface area contributed by atoms with Crippen molar-refractivity contribution in [1.82, 2.24) is 0 Å². The van der Waals surface area contributed by atoms with E-state index in [9.17, 15) is 13.6 Å². The van der Waals surface area contributed by atoms with Crippen LogP contribution in [0.25, 0.3) is 0 Å². The molecule has 0 aromatic heterocycles. The van der Waals surface area contributed by atoms with E-state index < -0.39 is 5.92 Å². The van der Waals surface area contributed by atoms with E-state index in [1.54, 1.807) is 24.3 Å². The number of halogens is 2. The van der Waals surface area contributed by atoms with Crippen LogP contribution in [0, 0.1) is 0 Å². The Labute approximate surface area is 91.9 Å². The highest BCUT2D eigenvalue weighted by atomic mass is 32.2. The van der Waals surface area contributed by atoms with E-state index >= 15 is 0 Å². The normalized spacial score (nSPS) is 11.5. The molecule has 0 fully saturated rings. The Kier molecular flexibility index (Phi) is 3.85. The second kappa shape index (κ2) is 4.75. The highest BCUT2D eigenvalue weighted by molar-refractivity contribution is 7.99. The highest BCUT2D eigenvalue weighted by Gasteiger charge is 2.22. The van der Waals surface area contributed by atoms with Crippen LogP contribution in [0.3, 0.4) is 0 Å². The maximum absolute atomic E-state index is 12.6. The van der Waals surface area contributed by atoms with Crippen LogP contribution in [0.4, 0.5) is 8.78 Å². The second-order valence-corrected chi connectivity index (χ2v) is 4.43. The number of alkyl halides is 2. The fraction of sp³-hybridized carbons (Fsp3) is 0.364. The van der Waals surface area contributed by atoms with E-state index in [1.807, 2.05) is 0 Å². The van der Waals surface area contributed by atoms with E-state index in [0.29, 0.717) is 10.5 Å². The van der Waals surface area contributed by atoms with Crippen LogP contribution < -0.4 is 0 Å². The van der Waals surface area contributed by atoms with Gasteiger partial charge in [-0.15, -0.1) is 11.8 Å². The molecule has 0 saturated heterocycles. The lowest BCUT2D eigenvalue weighted by atomic mass is 10.1. The molecule has 0 radical (unpaired) electrons. The smallest absolute Gasteiger partial charge is 0.254 e. The average molecular weight is 230 g/mol. The molecule has 0 heterocycles. The first-order valence-electron chi connectivity index (χ1n) is 4.51. The van der Waals surface area contributed by atoms with Crippen molar-refractivity contribution < 1.29 is 13.6 Å². The zero-order chi connectivity index (χ0) is 11.5. The van der Waals surface area contributed by atoms with Gasteiger partial charge in [0.25, 0.3) is 5.92 Å². The summed E-state index contributed by atoms with van der Waals surface area (Å²) in [5.41, 5.74) is 0.506. The van der Waals surface area contributed by atoms with Gasteiger partial charge >= 0.3 is 0 Å². The third kappa shape index (κ3) is 4.00. The van der Waals surface area contributed by atoms with Crippen LogP contribution in [-0.2, 0) is 0 Å². The van der Waals surface area contributed by atoms with Crippen LogP contribution >= 0.6 is 11.8 Å². The molecule has 15 heavy (non-hydrogen) atoms. The van der Waals surface area contributed by atoms with E-state index in [4.69, 9.17) is 0 Å². The minimum absolute atomic E-state index is 0.0995. The Bertz CT molecular complexity index is 358. The summed E-state index contributed by atoms with van der Waals surface area (Å²) < 4.78 is 25.3. The topological polar surface area (TPSA) is 17.1 Å². The molecule has 1 aromatic rings. The number of hydrogen-bond acceptors (Lipinski definition) is 2. The lowest BCUT2D eigenvalue weighted by Gasteiger charge is -2.11. The summed E-state index contributed by atoms with van der Waals surface area (Å²) in [5, 5.41) is 0. The highest BCUT2D eigenvalue weighted by Crippen LogP contribution is 2.28. The van der Waals surface area contributed by atoms with Gasteiger partial charge in [0, 0.05) is 17.4 Å². The SMILES string of the molecule is CC(=O)c1ccccc1SCC(C)(F)F. The van der Waals surface area contributed by atoms with Crippen molar-refractivity contribution in [3.8, 4) is 0 Å². The van der Waals surface area contributed by atoms with Crippen molar-refractivity contribution >= 4 is 17.5 Å². The van der Waals surface area contributed by atoms with Crippen molar-refractivity contribution in [3.05, 3.63) is 29.8 Å². The molecule has 0 saturated carbocycles. The van der Waals surface area contributed by atoms with Crippen LogP contribution in [0.5, 0.6) is 0 Å². The van der Waals surface area contributed by atoms with Crippen molar-refractivity contribution in [2.45, 2.75) is 24.7 Å². The van der Waals surface area contributed by atoms with Gasteiger partial charge in [-0.1, -0.05) is 18.2 Å². The third-order valence-electron chi connectivity index (χ3n) is 1.75. The zero-order valence-corrected chi connectivity index (χ0v) is 9.41. The van der Waals surface area contributed by atoms with Gasteiger partial charge in [0.15, 0.2) is 5.78 Å². The molecule has 0 spiro atoms. The Morgan fingerprint density at radius 2 is 2.00 bits per heavy atom. The van der Waals surface area contributed by atoms with Crippen molar-refractivity contribution in [3.63, 3.8) is 0 Å². The molecule has 1 rings (SSSR count). The van der Waals surface area contributed by atoms with Crippen LogP contribution in [0.15, 0.2) is 29.2 Å². The van der Waals surface area contributed by atoms with Gasteiger partial charge in [-0.2, -0.15) is 0 Å². The predicted molar refractivity (Wildman–Crippen MR) is 57.8 cm³/mol. The van der Waals surface area contributed by atoms with Gasteiger partial charge in [0.05, 0.1) is 5.75 Å². The largest absolute Gasteiger partial charge is 0.294 e. The molecule has 0 aliphatic rings.